The first-order chi connectivity index (χ1) is 15.2. The van der Waals surface area contributed by atoms with Gasteiger partial charge in [0.05, 0.1) is 0 Å². The van der Waals surface area contributed by atoms with E-state index in [1.807, 2.05) is 77.2 Å². The van der Waals surface area contributed by atoms with Gasteiger partial charge in [-0.05, 0) is 27.8 Å². The number of carbonyl (C=O) groups is 2. The van der Waals surface area contributed by atoms with Crippen molar-refractivity contribution in [1.82, 2.24) is 5.32 Å². The maximum absolute atomic E-state index is 12.4. The molecule has 1 atom stereocenters. The average molecular weight is 527 g/mol. The largest absolute Gasteiger partial charge is 0.459 e. The molecule has 0 aliphatic heterocycles. The normalized spacial score (nSPS) is 13.1. The molecule has 31 heavy (non-hydrogen) atoms. The predicted octanol–water partition coefficient (Wildman–Crippen LogP) is 5.07. The number of hydrogen-bond donors (Lipinski definition) is 1. The van der Waals surface area contributed by atoms with Crippen LogP contribution in [0, 0.1) is 0 Å². The summed E-state index contributed by atoms with van der Waals surface area (Å²) in [5.74, 6) is -0.506. The molecule has 0 aromatic heterocycles. The number of nitrogens with one attached hydrogen (secondary N) is 1. The third-order valence-corrected chi connectivity index (χ3v) is 6.18. The number of amides is 1. The van der Waals surface area contributed by atoms with Gasteiger partial charge in [-0.3, -0.25) is 0 Å². The molecule has 0 saturated carbocycles. The van der Waals surface area contributed by atoms with Gasteiger partial charge in [-0.2, -0.15) is 0 Å². The average Bonchev–Trinajstić information content (AvgIpc) is 3.14. The maximum Gasteiger partial charge on any atom is 0.407 e. The summed E-state index contributed by atoms with van der Waals surface area (Å²) in [6, 6.07) is 25.0. The Morgan fingerprint density at radius 2 is 1.42 bits per heavy atom. The van der Waals surface area contributed by atoms with E-state index in [1.165, 1.54) is 11.1 Å². The number of carbonyl (C=O) groups excluding carboxylic acids is 2. The summed E-state index contributed by atoms with van der Waals surface area (Å²) < 4.78 is 11.2. The van der Waals surface area contributed by atoms with E-state index < -0.39 is 18.1 Å². The van der Waals surface area contributed by atoms with Crippen LogP contribution in [0.3, 0.4) is 0 Å². The summed E-state index contributed by atoms with van der Waals surface area (Å²) in [4.78, 5) is 24.8. The number of esters is 1. The molecule has 0 bridgehead atoms. The summed E-state index contributed by atoms with van der Waals surface area (Å²) in [5, 5.41) is 2.63. The van der Waals surface area contributed by atoms with Crippen LogP contribution in [-0.2, 0) is 20.9 Å². The Kier molecular flexibility index (Phi) is 6.86. The smallest absolute Gasteiger partial charge is 0.407 e. The van der Waals surface area contributed by atoms with Gasteiger partial charge in [0, 0.05) is 10.3 Å². The molecule has 0 fully saturated rings. The standard InChI is InChI=1S/C25H22INO4/c26-14-23(24(28)30-15-17-8-2-1-3-9-17)27-25(29)31-16-22-20-12-6-4-10-18(20)19-11-5-7-13-21(19)22/h1-13,22-23H,14-16H2,(H,27,29)/t23-/m0/s1. The first-order valence-electron chi connectivity index (χ1n) is 10.1. The fraction of sp³-hybridized carbons (Fsp3) is 0.200. The van der Waals surface area contributed by atoms with E-state index in [0.29, 0.717) is 4.43 Å². The van der Waals surface area contributed by atoms with Gasteiger partial charge in [-0.15, -0.1) is 0 Å². The summed E-state index contributed by atoms with van der Waals surface area (Å²) in [6.07, 6.45) is -0.625. The van der Waals surface area contributed by atoms with Crippen molar-refractivity contribution in [3.8, 4) is 11.1 Å². The van der Waals surface area contributed by atoms with Crippen molar-refractivity contribution >= 4 is 34.7 Å². The van der Waals surface area contributed by atoms with Crippen LogP contribution in [0.25, 0.3) is 11.1 Å². The van der Waals surface area contributed by atoms with Crippen molar-refractivity contribution in [3.63, 3.8) is 0 Å². The molecule has 0 spiro atoms. The lowest BCUT2D eigenvalue weighted by Crippen LogP contribution is -2.43. The van der Waals surface area contributed by atoms with E-state index in [0.717, 1.165) is 16.7 Å². The number of hydrogen-bond acceptors (Lipinski definition) is 4. The third-order valence-electron chi connectivity index (χ3n) is 5.30. The zero-order valence-electron chi connectivity index (χ0n) is 16.8. The molecule has 0 unspecified atom stereocenters. The van der Waals surface area contributed by atoms with Gasteiger partial charge in [0.1, 0.15) is 19.3 Å². The van der Waals surface area contributed by atoms with Gasteiger partial charge >= 0.3 is 12.1 Å². The molecular formula is C25H22INO4. The molecule has 1 aliphatic rings. The van der Waals surface area contributed by atoms with E-state index in [4.69, 9.17) is 9.47 Å². The number of rotatable bonds is 7. The lowest BCUT2D eigenvalue weighted by atomic mass is 9.98. The highest BCUT2D eigenvalue weighted by molar-refractivity contribution is 14.1. The lowest BCUT2D eigenvalue weighted by molar-refractivity contribution is -0.146. The van der Waals surface area contributed by atoms with Crippen LogP contribution in [0.2, 0.25) is 0 Å². The molecule has 3 aromatic carbocycles. The van der Waals surface area contributed by atoms with E-state index in [-0.39, 0.29) is 19.1 Å². The van der Waals surface area contributed by atoms with Crippen LogP contribution in [0.1, 0.15) is 22.6 Å². The van der Waals surface area contributed by atoms with Crippen LogP contribution < -0.4 is 5.32 Å². The van der Waals surface area contributed by atoms with Gasteiger partial charge in [-0.1, -0.05) is 101 Å². The van der Waals surface area contributed by atoms with Gasteiger partial charge in [0.15, 0.2) is 0 Å². The van der Waals surface area contributed by atoms with Crippen LogP contribution in [0.15, 0.2) is 78.9 Å². The second kappa shape index (κ2) is 9.96. The molecule has 0 radical (unpaired) electrons. The minimum Gasteiger partial charge on any atom is -0.459 e. The van der Waals surface area contributed by atoms with E-state index in [9.17, 15) is 9.59 Å². The van der Waals surface area contributed by atoms with Crippen molar-refractivity contribution in [2.75, 3.05) is 11.0 Å². The molecule has 0 heterocycles. The highest BCUT2D eigenvalue weighted by Gasteiger charge is 2.29. The Labute approximate surface area is 194 Å². The Bertz CT molecular complexity index is 1020. The lowest BCUT2D eigenvalue weighted by Gasteiger charge is -2.18. The summed E-state index contributed by atoms with van der Waals surface area (Å²) in [6.45, 7) is 0.367. The summed E-state index contributed by atoms with van der Waals surface area (Å²) in [5.41, 5.74) is 5.51. The van der Waals surface area contributed by atoms with Crippen molar-refractivity contribution in [2.24, 2.45) is 0 Å². The van der Waals surface area contributed by atoms with Gasteiger partial charge in [0.2, 0.25) is 0 Å². The van der Waals surface area contributed by atoms with Crippen molar-refractivity contribution in [1.29, 1.82) is 0 Å². The van der Waals surface area contributed by atoms with E-state index in [2.05, 4.69) is 29.6 Å². The fourth-order valence-corrected chi connectivity index (χ4v) is 4.35. The van der Waals surface area contributed by atoms with Crippen LogP contribution in [0.5, 0.6) is 0 Å². The zero-order chi connectivity index (χ0) is 21.6. The second-order valence-corrected chi connectivity index (χ2v) is 8.15. The zero-order valence-corrected chi connectivity index (χ0v) is 19.0. The Morgan fingerprint density at radius 3 is 2.03 bits per heavy atom. The van der Waals surface area contributed by atoms with Gasteiger partial charge in [0.25, 0.3) is 0 Å². The first-order valence-corrected chi connectivity index (χ1v) is 11.6. The number of alkyl halides is 1. The van der Waals surface area contributed by atoms with Gasteiger partial charge in [-0.25, -0.2) is 9.59 Å². The predicted molar refractivity (Wildman–Crippen MR) is 127 cm³/mol. The van der Waals surface area contributed by atoms with Gasteiger partial charge < -0.3 is 14.8 Å². The number of alkyl carbamates (subject to hydrolysis) is 1. The molecule has 5 nitrogen and oxygen atoms in total. The number of fused-ring (bicyclic) bond motifs is 3. The molecule has 4 rings (SSSR count). The minimum absolute atomic E-state index is 0.0266. The second-order valence-electron chi connectivity index (χ2n) is 7.27. The Balaban J connectivity index is 1.35. The van der Waals surface area contributed by atoms with Crippen molar-refractivity contribution in [3.05, 3.63) is 95.6 Å². The minimum atomic E-state index is -0.764. The monoisotopic (exact) mass is 527 g/mol. The fourth-order valence-electron chi connectivity index (χ4n) is 3.77. The third kappa shape index (κ3) is 4.90. The van der Waals surface area contributed by atoms with E-state index in [1.54, 1.807) is 0 Å². The molecule has 1 N–H and O–H groups in total. The SMILES string of the molecule is O=C(N[C@@H](CI)C(=O)OCc1ccccc1)OCC1c2ccccc2-c2ccccc21. The molecule has 6 heteroatoms. The molecule has 1 aliphatic carbocycles. The van der Waals surface area contributed by atoms with E-state index >= 15 is 0 Å². The number of ether oxygens (including phenoxy) is 2. The molecular weight excluding hydrogens is 505 g/mol. The topological polar surface area (TPSA) is 64.6 Å². The highest BCUT2D eigenvalue weighted by atomic mass is 127. The Morgan fingerprint density at radius 1 is 0.839 bits per heavy atom. The van der Waals surface area contributed by atoms with Crippen molar-refractivity contribution in [2.45, 2.75) is 18.6 Å². The maximum atomic E-state index is 12.4. The summed E-state index contributed by atoms with van der Waals surface area (Å²) >= 11 is 2.05. The Hall–Kier alpha value is -2.87. The first kappa shape index (κ1) is 21.4. The van der Waals surface area contributed by atoms with Crippen LogP contribution >= 0.6 is 22.6 Å². The number of halogens is 1. The summed E-state index contributed by atoms with van der Waals surface area (Å²) in [7, 11) is 0. The van der Waals surface area contributed by atoms with Crippen LogP contribution in [0.4, 0.5) is 4.79 Å². The van der Waals surface area contributed by atoms with Crippen molar-refractivity contribution < 1.29 is 19.1 Å². The molecule has 3 aromatic rings. The van der Waals surface area contributed by atoms with Crippen LogP contribution in [-0.4, -0.2) is 29.1 Å². The molecule has 158 valence electrons. The molecule has 1 amide bonds. The highest BCUT2D eigenvalue weighted by Crippen LogP contribution is 2.44. The quantitative estimate of drug-likeness (QED) is 0.265. The molecule has 0 saturated heterocycles. The number of benzene rings is 3.